The lowest BCUT2D eigenvalue weighted by atomic mass is 10.3. The predicted octanol–water partition coefficient (Wildman–Crippen LogP) is 0.711. The van der Waals surface area contributed by atoms with Gasteiger partial charge < -0.3 is 9.88 Å². The molecule has 0 aliphatic carbocycles. The molecule has 7 nitrogen and oxygen atoms in total. The van der Waals surface area contributed by atoms with E-state index in [9.17, 15) is 9.59 Å². The van der Waals surface area contributed by atoms with E-state index in [1.807, 2.05) is 10.8 Å². The minimum atomic E-state index is -0.401. The van der Waals surface area contributed by atoms with E-state index in [4.69, 9.17) is 0 Å². The molecule has 3 rings (SSSR count). The zero-order valence-corrected chi connectivity index (χ0v) is 11.8. The van der Waals surface area contributed by atoms with Crippen molar-refractivity contribution in [1.29, 1.82) is 0 Å². The number of carbonyl (C=O) groups excluding carboxylic acids is 1. The Labute approximate surface area is 126 Å². The summed E-state index contributed by atoms with van der Waals surface area (Å²) < 4.78 is 3.29. The van der Waals surface area contributed by atoms with Crippen molar-refractivity contribution in [1.82, 2.24) is 24.3 Å². The van der Waals surface area contributed by atoms with Gasteiger partial charge in [0.05, 0.1) is 6.33 Å². The van der Waals surface area contributed by atoms with Gasteiger partial charge in [-0.2, -0.15) is 0 Å². The Morgan fingerprint density at radius 2 is 2.18 bits per heavy atom. The van der Waals surface area contributed by atoms with Gasteiger partial charge in [0.1, 0.15) is 11.2 Å². The molecule has 1 N–H and O–H groups in total. The fourth-order valence-corrected chi connectivity index (χ4v) is 2.16. The van der Waals surface area contributed by atoms with Crippen molar-refractivity contribution in [2.45, 2.75) is 13.0 Å². The molecular weight excluding hydrogens is 282 g/mol. The number of fused-ring (bicyclic) bond motifs is 1. The average molecular weight is 297 g/mol. The lowest BCUT2D eigenvalue weighted by molar-refractivity contribution is 0.0950. The fourth-order valence-electron chi connectivity index (χ4n) is 2.16. The molecule has 3 heterocycles. The molecule has 22 heavy (non-hydrogen) atoms. The van der Waals surface area contributed by atoms with E-state index < -0.39 is 5.91 Å². The summed E-state index contributed by atoms with van der Waals surface area (Å²) >= 11 is 0. The first-order chi connectivity index (χ1) is 10.8. The Bertz CT molecular complexity index is 839. The van der Waals surface area contributed by atoms with Crippen molar-refractivity contribution in [2.75, 3.05) is 6.54 Å². The summed E-state index contributed by atoms with van der Waals surface area (Å²) in [6.45, 7) is 1.24. The molecule has 0 fully saturated rings. The molecule has 3 aromatic rings. The first-order valence-corrected chi connectivity index (χ1v) is 6.96. The summed E-state index contributed by atoms with van der Waals surface area (Å²) in [5.74, 6) is -0.401. The highest BCUT2D eigenvalue weighted by molar-refractivity contribution is 5.93. The molecule has 0 saturated carbocycles. The number of nitrogens with zero attached hydrogens (tertiary/aromatic N) is 4. The third kappa shape index (κ3) is 2.88. The lowest BCUT2D eigenvalue weighted by Crippen LogP contribution is -2.32. The highest BCUT2D eigenvalue weighted by atomic mass is 16.2. The number of hydrogen-bond donors (Lipinski definition) is 1. The molecule has 0 bridgehead atoms. The van der Waals surface area contributed by atoms with Crippen LogP contribution in [0.3, 0.4) is 0 Å². The van der Waals surface area contributed by atoms with Crippen LogP contribution in [0.15, 0.2) is 54.1 Å². The van der Waals surface area contributed by atoms with Crippen LogP contribution in [0.4, 0.5) is 0 Å². The lowest BCUT2D eigenvalue weighted by Gasteiger charge is -2.06. The number of pyridine rings is 1. The number of imidazole rings is 1. The molecule has 0 radical (unpaired) electrons. The summed E-state index contributed by atoms with van der Waals surface area (Å²) in [6.07, 6.45) is 8.97. The number of carbonyl (C=O) groups is 1. The highest BCUT2D eigenvalue weighted by Crippen LogP contribution is 1.98. The Morgan fingerprint density at radius 1 is 1.27 bits per heavy atom. The Morgan fingerprint density at radius 3 is 3.00 bits per heavy atom. The maximum atomic E-state index is 12.2. The van der Waals surface area contributed by atoms with E-state index in [2.05, 4.69) is 15.3 Å². The van der Waals surface area contributed by atoms with Crippen LogP contribution in [0.25, 0.3) is 5.65 Å². The van der Waals surface area contributed by atoms with Gasteiger partial charge in [-0.15, -0.1) is 0 Å². The third-order valence-electron chi connectivity index (χ3n) is 3.30. The zero-order valence-electron chi connectivity index (χ0n) is 11.8. The molecule has 0 spiro atoms. The molecular formula is C15H15N5O2. The van der Waals surface area contributed by atoms with Crippen LogP contribution >= 0.6 is 0 Å². The molecule has 3 aromatic heterocycles. The van der Waals surface area contributed by atoms with Crippen molar-refractivity contribution >= 4 is 11.6 Å². The monoisotopic (exact) mass is 297 g/mol. The quantitative estimate of drug-likeness (QED) is 0.703. The number of aromatic nitrogens is 4. The first-order valence-electron chi connectivity index (χ1n) is 6.96. The summed E-state index contributed by atoms with van der Waals surface area (Å²) in [6, 6.07) is 5.23. The smallest absolute Gasteiger partial charge is 0.270 e. The molecule has 1 amide bonds. The van der Waals surface area contributed by atoms with Gasteiger partial charge >= 0.3 is 0 Å². The van der Waals surface area contributed by atoms with Crippen LogP contribution in [0, 0.1) is 0 Å². The van der Waals surface area contributed by atoms with Crippen LogP contribution in [0.1, 0.15) is 16.8 Å². The van der Waals surface area contributed by atoms with Crippen molar-refractivity contribution in [3.8, 4) is 0 Å². The highest BCUT2D eigenvalue weighted by Gasteiger charge is 2.12. The van der Waals surface area contributed by atoms with Crippen LogP contribution in [-0.2, 0) is 6.54 Å². The van der Waals surface area contributed by atoms with E-state index in [1.165, 1.54) is 10.6 Å². The summed E-state index contributed by atoms with van der Waals surface area (Å²) in [7, 11) is 0. The number of rotatable bonds is 5. The van der Waals surface area contributed by atoms with Crippen molar-refractivity contribution in [3.63, 3.8) is 0 Å². The second-order valence-corrected chi connectivity index (χ2v) is 4.82. The fraction of sp³-hybridized carbons (Fsp3) is 0.200. The van der Waals surface area contributed by atoms with E-state index in [-0.39, 0.29) is 11.1 Å². The molecule has 0 unspecified atom stereocenters. The van der Waals surface area contributed by atoms with Gasteiger partial charge in [-0.1, -0.05) is 6.07 Å². The van der Waals surface area contributed by atoms with Crippen molar-refractivity contribution in [3.05, 3.63) is 65.2 Å². The summed E-state index contributed by atoms with van der Waals surface area (Å²) in [4.78, 5) is 32.4. The molecule has 0 saturated heterocycles. The van der Waals surface area contributed by atoms with Gasteiger partial charge in [-0.3, -0.25) is 14.0 Å². The van der Waals surface area contributed by atoms with E-state index in [1.54, 1.807) is 36.9 Å². The van der Waals surface area contributed by atoms with Crippen molar-refractivity contribution in [2.24, 2.45) is 0 Å². The van der Waals surface area contributed by atoms with Crippen LogP contribution < -0.4 is 10.9 Å². The van der Waals surface area contributed by atoms with E-state index >= 15 is 0 Å². The van der Waals surface area contributed by atoms with Gasteiger partial charge in [-0.25, -0.2) is 9.97 Å². The minimum Gasteiger partial charge on any atom is -0.352 e. The third-order valence-corrected chi connectivity index (χ3v) is 3.30. The van der Waals surface area contributed by atoms with E-state index in [0.717, 1.165) is 13.0 Å². The molecule has 112 valence electrons. The number of amides is 1. The predicted molar refractivity (Wildman–Crippen MR) is 80.6 cm³/mol. The molecule has 7 heteroatoms. The topological polar surface area (TPSA) is 81.3 Å². The van der Waals surface area contributed by atoms with E-state index in [0.29, 0.717) is 12.2 Å². The molecule has 0 aliphatic heterocycles. The standard InChI is InChI=1S/C15H15N5O2/c21-14(17-5-3-7-19-9-6-16-11-19)12-10-18-13-4-1-2-8-20(13)15(12)22/h1-2,4,6,8-11H,3,5,7H2,(H,17,21). The van der Waals surface area contributed by atoms with Gasteiger partial charge in [0, 0.05) is 37.9 Å². The van der Waals surface area contributed by atoms with Gasteiger partial charge in [0.2, 0.25) is 0 Å². The number of aryl methyl sites for hydroxylation is 1. The first kappa shape index (κ1) is 14.0. The number of nitrogens with one attached hydrogen (secondary N) is 1. The van der Waals surface area contributed by atoms with Crippen molar-refractivity contribution < 1.29 is 4.79 Å². The maximum Gasteiger partial charge on any atom is 0.270 e. The number of hydrogen-bond acceptors (Lipinski definition) is 4. The summed E-state index contributed by atoms with van der Waals surface area (Å²) in [5.41, 5.74) is 0.202. The normalized spacial score (nSPS) is 10.7. The Kier molecular flexibility index (Phi) is 3.95. The van der Waals surface area contributed by atoms with Crippen LogP contribution in [0.2, 0.25) is 0 Å². The Balaban J connectivity index is 1.65. The van der Waals surface area contributed by atoms with Gasteiger partial charge in [0.15, 0.2) is 0 Å². The summed E-state index contributed by atoms with van der Waals surface area (Å²) in [5, 5.41) is 2.74. The largest absolute Gasteiger partial charge is 0.352 e. The maximum absolute atomic E-state index is 12.2. The van der Waals surface area contributed by atoms with Gasteiger partial charge in [0.25, 0.3) is 11.5 Å². The second kappa shape index (κ2) is 6.21. The average Bonchev–Trinajstić information content (AvgIpc) is 3.05. The minimum absolute atomic E-state index is 0.0475. The zero-order chi connectivity index (χ0) is 15.4. The molecule has 0 aliphatic rings. The van der Waals surface area contributed by atoms with Gasteiger partial charge in [-0.05, 0) is 18.6 Å². The molecule has 0 aromatic carbocycles. The molecule has 0 atom stereocenters. The van der Waals surface area contributed by atoms with Crippen LogP contribution in [0.5, 0.6) is 0 Å². The SMILES string of the molecule is O=C(NCCCn1ccnc1)c1cnc2ccccn2c1=O. The van der Waals surface area contributed by atoms with Crippen LogP contribution in [-0.4, -0.2) is 31.4 Å². The Hall–Kier alpha value is -2.96. The second-order valence-electron chi connectivity index (χ2n) is 4.82.